The van der Waals surface area contributed by atoms with E-state index in [1.807, 2.05) is 0 Å². The minimum absolute atomic E-state index is 0.0299. The third-order valence-corrected chi connectivity index (χ3v) is 8.92. The van der Waals surface area contributed by atoms with Crippen LogP contribution < -0.4 is 9.46 Å². The van der Waals surface area contributed by atoms with Crippen LogP contribution in [0.3, 0.4) is 0 Å². The van der Waals surface area contributed by atoms with Gasteiger partial charge in [0.1, 0.15) is 16.0 Å². The minimum Gasteiger partial charge on any atom is -0.598 e. The van der Waals surface area contributed by atoms with E-state index in [4.69, 9.17) is 4.74 Å². The van der Waals surface area contributed by atoms with Crippen LogP contribution in [0.4, 0.5) is 10.1 Å². The number of nitrogens with one attached hydrogen (secondary N) is 1. The van der Waals surface area contributed by atoms with Crippen LogP contribution in [0.2, 0.25) is 0 Å². The highest BCUT2D eigenvalue weighted by Crippen LogP contribution is 2.33. The molecule has 0 unspecified atom stereocenters. The molecule has 0 saturated heterocycles. The molecule has 2 aromatic carbocycles. The zero-order valence-corrected chi connectivity index (χ0v) is 21.6. The smallest absolute Gasteiger partial charge is 0.305 e. The summed E-state index contributed by atoms with van der Waals surface area (Å²) >= 11 is -1.81. The SMILES string of the molecule is COc1ccc(CN(C)S(=O)(=O)C[C@](C)(N[S@+]([O-])C(C)(C)C)c2cccc([N+](=O)[O-])c2F)cc1. The molecule has 34 heavy (non-hydrogen) atoms. The molecule has 0 aromatic heterocycles. The van der Waals surface area contributed by atoms with Crippen LogP contribution in [0.15, 0.2) is 42.5 Å². The number of hydrogen-bond donors (Lipinski definition) is 1. The van der Waals surface area contributed by atoms with Gasteiger partial charge in [0.15, 0.2) is 0 Å². The van der Waals surface area contributed by atoms with E-state index >= 15 is 4.39 Å². The van der Waals surface area contributed by atoms with E-state index < -0.39 is 53.9 Å². The first-order valence-electron chi connectivity index (χ1n) is 10.3. The summed E-state index contributed by atoms with van der Waals surface area (Å²) in [4.78, 5) is 10.4. The van der Waals surface area contributed by atoms with Crippen LogP contribution in [0.5, 0.6) is 5.75 Å². The molecule has 0 aliphatic heterocycles. The zero-order valence-electron chi connectivity index (χ0n) is 20.0. The van der Waals surface area contributed by atoms with Gasteiger partial charge in [0, 0.05) is 36.6 Å². The first kappa shape index (κ1) is 28.0. The fourth-order valence-corrected chi connectivity index (χ4v) is 5.68. The summed E-state index contributed by atoms with van der Waals surface area (Å²) in [6.45, 7) is 6.42. The molecule has 12 heteroatoms. The minimum atomic E-state index is -4.05. The summed E-state index contributed by atoms with van der Waals surface area (Å²) in [7, 11) is -1.15. The quantitative estimate of drug-likeness (QED) is 0.292. The molecular weight excluding hydrogens is 485 g/mol. The van der Waals surface area contributed by atoms with Crippen molar-refractivity contribution in [3.8, 4) is 5.75 Å². The van der Waals surface area contributed by atoms with Gasteiger partial charge >= 0.3 is 5.69 Å². The molecule has 0 spiro atoms. The van der Waals surface area contributed by atoms with E-state index in [-0.39, 0.29) is 12.1 Å². The van der Waals surface area contributed by atoms with Crippen LogP contribution in [-0.4, -0.2) is 46.9 Å². The molecular formula is C22H30FN3O6S2. The Hall–Kier alpha value is -2.25. The fourth-order valence-electron chi connectivity index (χ4n) is 3.17. The summed E-state index contributed by atoms with van der Waals surface area (Å²) in [5.74, 6) is -1.25. The first-order chi connectivity index (χ1) is 15.6. The summed E-state index contributed by atoms with van der Waals surface area (Å²) in [6.07, 6.45) is 0. The molecule has 0 bridgehead atoms. The van der Waals surface area contributed by atoms with Crippen LogP contribution in [0, 0.1) is 15.9 Å². The van der Waals surface area contributed by atoms with Gasteiger partial charge in [-0.1, -0.05) is 24.3 Å². The van der Waals surface area contributed by atoms with E-state index in [0.29, 0.717) is 11.3 Å². The molecule has 0 saturated carbocycles. The van der Waals surface area contributed by atoms with Gasteiger partial charge in [-0.05, 0) is 45.4 Å². The molecule has 0 radical (unpaired) electrons. The number of rotatable bonds is 10. The average molecular weight is 516 g/mol. The van der Waals surface area contributed by atoms with Crippen LogP contribution in [-0.2, 0) is 33.5 Å². The molecule has 2 aromatic rings. The Bertz CT molecular complexity index is 1120. The van der Waals surface area contributed by atoms with Crippen molar-refractivity contribution in [3.63, 3.8) is 0 Å². The van der Waals surface area contributed by atoms with E-state index in [0.717, 1.165) is 10.4 Å². The lowest BCUT2D eigenvalue weighted by Crippen LogP contribution is -2.54. The summed E-state index contributed by atoms with van der Waals surface area (Å²) < 4.78 is 62.8. The van der Waals surface area contributed by atoms with E-state index in [1.54, 1.807) is 45.0 Å². The Kier molecular flexibility index (Phi) is 8.70. The lowest BCUT2D eigenvalue weighted by molar-refractivity contribution is -0.387. The second-order valence-corrected chi connectivity index (χ2v) is 13.1. The van der Waals surface area contributed by atoms with Crippen LogP contribution in [0.25, 0.3) is 0 Å². The highest BCUT2D eigenvalue weighted by molar-refractivity contribution is 7.91. The number of benzene rings is 2. The van der Waals surface area contributed by atoms with Crippen molar-refractivity contribution in [2.45, 2.75) is 44.5 Å². The number of methoxy groups -OCH3 is 1. The number of hydrogen-bond acceptors (Lipinski definition) is 7. The second-order valence-electron chi connectivity index (χ2n) is 9.07. The van der Waals surface area contributed by atoms with Crippen LogP contribution >= 0.6 is 0 Å². The zero-order chi connectivity index (χ0) is 25.9. The van der Waals surface area contributed by atoms with E-state index in [1.165, 1.54) is 33.2 Å². The molecule has 0 aliphatic carbocycles. The van der Waals surface area contributed by atoms with Crippen molar-refractivity contribution in [2.75, 3.05) is 19.9 Å². The van der Waals surface area contributed by atoms with Crippen molar-refractivity contribution < 1.29 is 27.0 Å². The van der Waals surface area contributed by atoms with Gasteiger partial charge in [0.05, 0.1) is 17.8 Å². The third-order valence-electron chi connectivity index (χ3n) is 5.15. The molecule has 0 aliphatic rings. The molecule has 188 valence electrons. The van der Waals surface area contributed by atoms with Crippen molar-refractivity contribution in [3.05, 3.63) is 69.5 Å². The van der Waals surface area contributed by atoms with Gasteiger partial charge in [-0.3, -0.25) is 10.1 Å². The number of halogens is 1. The van der Waals surface area contributed by atoms with Crippen molar-refractivity contribution in [1.82, 2.24) is 9.03 Å². The standard InChI is InChI=1S/C22H30FN3O6S2/c1-21(2,3)33(29)24-22(4,18-8-7-9-19(20(18)23)26(27)28)15-34(30,31)25(5)14-16-10-12-17(32-6)13-11-16/h7-13,24H,14-15H2,1-6H3/t22-,33+/m0/s1. The Labute approximate surface area is 202 Å². The fraction of sp³-hybridized carbons (Fsp3) is 0.455. The summed E-state index contributed by atoms with van der Waals surface area (Å²) in [6, 6.07) is 10.4. The molecule has 2 rings (SSSR count). The Balaban J connectivity index is 2.46. The van der Waals surface area contributed by atoms with Gasteiger partial charge in [-0.15, -0.1) is 4.72 Å². The van der Waals surface area contributed by atoms with Gasteiger partial charge in [0.25, 0.3) is 0 Å². The average Bonchev–Trinajstić information content (AvgIpc) is 2.72. The molecule has 0 fully saturated rings. The largest absolute Gasteiger partial charge is 0.598 e. The second kappa shape index (κ2) is 10.6. The Morgan fingerprint density at radius 3 is 2.24 bits per heavy atom. The third kappa shape index (κ3) is 6.66. The predicted octanol–water partition coefficient (Wildman–Crippen LogP) is 3.47. The number of nitro benzene ring substituents is 1. The molecule has 0 heterocycles. The maximum absolute atomic E-state index is 15.2. The van der Waals surface area contributed by atoms with Gasteiger partial charge < -0.3 is 9.29 Å². The Morgan fingerprint density at radius 1 is 1.15 bits per heavy atom. The summed E-state index contributed by atoms with van der Waals surface area (Å²) in [5, 5.41) is 11.3. The monoisotopic (exact) mass is 515 g/mol. The molecule has 9 nitrogen and oxygen atoms in total. The van der Waals surface area contributed by atoms with E-state index in [9.17, 15) is 23.1 Å². The first-order valence-corrected chi connectivity index (χ1v) is 13.1. The molecule has 2 atom stereocenters. The maximum Gasteiger partial charge on any atom is 0.305 e. The lowest BCUT2D eigenvalue weighted by atomic mass is 9.94. The van der Waals surface area contributed by atoms with Crippen LogP contribution in [0.1, 0.15) is 38.8 Å². The van der Waals surface area contributed by atoms with Gasteiger partial charge in [0.2, 0.25) is 15.8 Å². The van der Waals surface area contributed by atoms with Gasteiger partial charge in [-0.25, -0.2) is 12.7 Å². The molecule has 0 amide bonds. The number of nitro groups is 1. The van der Waals surface area contributed by atoms with Gasteiger partial charge in [-0.2, -0.15) is 4.39 Å². The Morgan fingerprint density at radius 2 is 1.74 bits per heavy atom. The molecule has 1 N–H and O–H groups in total. The number of sulfonamides is 1. The van der Waals surface area contributed by atoms with Crippen molar-refractivity contribution >= 4 is 27.1 Å². The predicted molar refractivity (Wildman–Crippen MR) is 130 cm³/mol. The normalized spacial score (nSPS) is 15.1. The summed E-state index contributed by atoms with van der Waals surface area (Å²) in [5.41, 5.74) is -2.10. The number of nitrogens with zero attached hydrogens (tertiary/aromatic N) is 2. The highest BCUT2D eigenvalue weighted by atomic mass is 32.2. The van der Waals surface area contributed by atoms with Crippen molar-refractivity contribution in [2.24, 2.45) is 0 Å². The maximum atomic E-state index is 15.2. The topological polar surface area (TPSA) is 125 Å². The number of ether oxygens (including phenoxy) is 1. The van der Waals surface area contributed by atoms with E-state index in [2.05, 4.69) is 4.72 Å². The van der Waals surface area contributed by atoms with Crippen molar-refractivity contribution in [1.29, 1.82) is 0 Å². The lowest BCUT2D eigenvalue weighted by Gasteiger charge is -2.36. The highest BCUT2D eigenvalue weighted by Gasteiger charge is 2.44.